The Balaban J connectivity index is 2.39. The van der Waals surface area contributed by atoms with Crippen molar-refractivity contribution in [1.29, 1.82) is 0 Å². The SMILES string of the molecule is CC(C)(C)[C@@H](NC(=O)NCCn1cccn1)C(=O)O. The van der Waals surface area contributed by atoms with Crippen molar-refractivity contribution < 1.29 is 14.7 Å². The van der Waals surface area contributed by atoms with Gasteiger partial charge in [-0.2, -0.15) is 5.10 Å². The van der Waals surface area contributed by atoms with Crippen LogP contribution in [0.2, 0.25) is 0 Å². The molecule has 0 unspecified atom stereocenters. The summed E-state index contributed by atoms with van der Waals surface area (Å²) in [6.45, 7) is 6.19. The van der Waals surface area contributed by atoms with Crippen molar-refractivity contribution in [3.63, 3.8) is 0 Å². The van der Waals surface area contributed by atoms with Crippen molar-refractivity contribution in [2.24, 2.45) is 5.41 Å². The van der Waals surface area contributed by atoms with E-state index < -0.39 is 23.5 Å². The minimum atomic E-state index is -1.05. The highest BCUT2D eigenvalue weighted by Crippen LogP contribution is 2.19. The Labute approximate surface area is 112 Å². The molecule has 1 atom stereocenters. The van der Waals surface area contributed by atoms with E-state index in [-0.39, 0.29) is 0 Å². The maximum atomic E-state index is 11.6. The van der Waals surface area contributed by atoms with E-state index in [2.05, 4.69) is 15.7 Å². The van der Waals surface area contributed by atoms with Gasteiger partial charge in [-0.3, -0.25) is 4.68 Å². The number of hydrogen-bond acceptors (Lipinski definition) is 3. The second kappa shape index (κ2) is 6.21. The lowest BCUT2D eigenvalue weighted by atomic mass is 9.87. The zero-order valence-corrected chi connectivity index (χ0v) is 11.4. The highest BCUT2D eigenvalue weighted by molar-refractivity contribution is 5.83. The normalized spacial score (nSPS) is 12.8. The molecular weight excluding hydrogens is 248 g/mol. The van der Waals surface area contributed by atoms with Gasteiger partial charge in [-0.05, 0) is 11.5 Å². The maximum absolute atomic E-state index is 11.6. The van der Waals surface area contributed by atoms with Crippen LogP contribution in [0.1, 0.15) is 20.8 Å². The molecule has 0 bridgehead atoms. The molecule has 0 aromatic carbocycles. The number of urea groups is 1. The van der Waals surface area contributed by atoms with Crippen LogP contribution in [0.25, 0.3) is 0 Å². The third-order valence-electron chi connectivity index (χ3n) is 2.57. The number of carbonyl (C=O) groups is 2. The minimum Gasteiger partial charge on any atom is -0.480 e. The molecule has 2 amide bonds. The summed E-state index contributed by atoms with van der Waals surface area (Å²) in [6.07, 6.45) is 3.44. The zero-order chi connectivity index (χ0) is 14.5. The average Bonchev–Trinajstić information content (AvgIpc) is 2.77. The fourth-order valence-corrected chi connectivity index (χ4v) is 1.55. The molecular formula is C12H20N4O3. The number of hydrogen-bond donors (Lipinski definition) is 3. The van der Waals surface area contributed by atoms with Crippen LogP contribution in [0.15, 0.2) is 18.5 Å². The molecule has 0 spiro atoms. The van der Waals surface area contributed by atoms with Crippen molar-refractivity contribution in [3.8, 4) is 0 Å². The first-order chi connectivity index (χ1) is 8.80. The van der Waals surface area contributed by atoms with Gasteiger partial charge in [0, 0.05) is 18.9 Å². The van der Waals surface area contributed by atoms with Gasteiger partial charge in [-0.25, -0.2) is 9.59 Å². The Hall–Kier alpha value is -2.05. The van der Waals surface area contributed by atoms with E-state index in [1.807, 2.05) is 0 Å². The highest BCUT2D eigenvalue weighted by atomic mass is 16.4. The van der Waals surface area contributed by atoms with Gasteiger partial charge in [0.15, 0.2) is 0 Å². The molecule has 19 heavy (non-hydrogen) atoms. The Kier molecular flexibility index (Phi) is 4.91. The smallest absolute Gasteiger partial charge is 0.326 e. The molecule has 0 radical (unpaired) electrons. The second-order valence-electron chi connectivity index (χ2n) is 5.31. The molecule has 1 aromatic heterocycles. The molecule has 106 valence electrons. The first-order valence-electron chi connectivity index (χ1n) is 6.05. The Bertz CT molecular complexity index is 423. The topological polar surface area (TPSA) is 96.3 Å². The highest BCUT2D eigenvalue weighted by Gasteiger charge is 2.32. The molecule has 1 heterocycles. The summed E-state index contributed by atoms with van der Waals surface area (Å²) in [6, 6.07) is 0.367. The van der Waals surface area contributed by atoms with E-state index in [0.717, 1.165) is 0 Å². The van der Waals surface area contributed by atoms with Gasteiger partial charge >= 0.3 is 12.0 Å². The monoisotopic (exact) mass is 268 g/mol. The molecule has 0 aliphatic carbocycles. The van der Waals surface area contributed by atoms with Crippen LogP contribution >= 0.6 is 0 Å². The van der Waals surface area contributed by atoms with Crippen LogP contribution in [0.4, 0.5) is 4.79 Å². The van der Waals surface area contributed by atoms with Crippen molar-refractivity contribution in [1.82, 2.24) is 20.4 Å². The average molecular weight is 268 g/mol. The fraction of sp³-hybridized carbons (Fsp3) is 0.583. The third kappa shape index (κ3) is 4.99. The van der Waals surface area contributed by atoms with Gasteiger partial charge < -0.3 is 15.7 Å². The van der Waals surface area contributed by atoms with Crippen LogP contribution in [0, 0.1) is 5.41 Å². The van der Waals surface area contributed by atoms with E-state index in [1.165, 1.54) is 0 Å². The summed E-state index contributed by atoms with van der Waals surface area (Å²) in [5, 5.41) is 18.1. The van der Waals surface area contributed by atoms with Crippen LogP contribution in [-0.2, 0) is 11.3 Å². The van der Waals surface area contributed by atoms with Crippen molar-refractivity contribution in [2.75, 3.05) is 6.54 Å². The van der Waals surface area contributed by atoms with Crippen molar-refractivity contribution >= 4 is 12.0 Å². The summed E-state index contributed by atoms with van der Waals surface area (Å²) in [4.78, 5) is 22.7. The molecule has 0 saturated carbocycles. The van der Waals surface area contributed by atoms with Gasteiger partial charge in [-0.15, -0.1) is 0 Å². The molecule has 0 aliphatic rings. The summed E-state index contributed by atoms with van der Waals surface area (Å²) >= 11 is 0. The maximum Gasteiger partial charge on any atom is 0.326 e. The number of rotatable bonds is 5. The molecule has 3 N–H and O–H groups in total. The number of carbonyl (C=O) groups excluding carboxylic acids is 1. The number of nitrogens with one attached hydrogen (secondary N) is 2. The van der Waals surface area contributed by atoms with Gasteiger partial charge in [0.05, 0.1) is 6.54 Å². The Morgan fingerprint density at radius 2 is 2.11 bits per heavy atom. The van der Waals surface area contributed by atoms with Crippen LogP contribution in [0.5, 0.6) is 0 Å². The lowest BCUT2D eigenvalue weighted by Gasteiger charge is -2.27. The number of aromatic nitrogens is 2. The number of aliphatic carboxylic acids is 1. The zero-order valence-electron chi connectivity index (χ0n) is 11.4. The van der Waals surface area contributed by atoms with E-state index in [9.17, 15) is 9.59 Å². The molecule has 0 aliphatic heterocycles. The number of amides is 2. The number of nitrogens with zero attached hydrogens (tertiary/aromatic N) is 2. The molecule has 0 saturated heterocycles. The minimum absolute atomic E-state index is 0.379. The summed E-state index contributed by atoms with van der Waals surface area (Å²) in [5.41, 5.74) is -0.550. The van der Waals surface area contributed by atoms with Gasteiger partial charge in [0.25, 0.3) is 0 Å². The molecule has 0 fully saturated rings. The van der Waals surface area contributed by atoms with Crippen LogP contribution < -0.4 is 10.6 Å². The van der Waals surface area contributed by atoms with E-state index in [4.69, 9.17) is 5.11 Å². The predicted octanol–water partition coefficient (Wildman–Crippen LogP) is 0.682. The second-order valence-corrected chi connectivity index (χ2v) is 5.31. The largest absolute Gasteiger partial charge is 0.480 e. The van der Waals surface area contributed by atoms with E-state index >= 15 is 0 Å². The summed E-state index contributed by atoms with van der Waals surface area (Å²) in [7, 11) is 0. The lowest BCUT2D eigenvalue weighted by molar-refractivity contribution is -0.141. The van der Waals surface area contributed by atoms with Gasteiger partial charge in [0.1, 0.15) is 6.04 Å². The van der Waals surface area contributed by atoms with Gasteiger partial charge in [0.2, 0.25) is 0 Å². The Morgan fingerprint density at radius 1 is 1.42 bits per heavy atom. The predicted molar refractivity (Wildman–Crippen MR) is 69.6 cm³/mol. The number of carboxylic acid groups (broad SMARTS) is 1. The van der Waals surface area contributed by atoms with Crippen LogP contribution in [0.3, 0.4) is 0 Å². The van der Waals surface area contributed by atoms with E-state index in [0.29, 0.717) is 13.1 Å². The fourth-order valence-electron chi connectivity index (χ4n) is 1.55. The number of carboxylic acids is 1. The Morgan fingerprint density at radius 3 is 2.58 bits per heavy atom. The van der Waals surface area contributed by atoms with E-state index in [1.54, 1.807) is 43.9 Å². The quantitative estimate of drug-likeness (QED) is 0.731. The van der Waals surface area contributed by atoms with Crippen LogP contribution in [-0.4, -0.2) is 39.5 Å². The first-order valence-corrected chi connectivity index (χ1v) is 6.05. The van der Waals surface area contributed by atoms with Crippen molar-refractivity contribution in [2.45, 2.75) is 33.4 Å². The first kappa shape index (κ1) is 15.0. The standard InChI is InChI=1S/C12H20N4O3/c1-12(2,3)9(10(17)18)15-11(19)13-6-8-16-7-4-5-14-16/h4-5,7,9H,6,8H2,1-3H3,(H,17,18)(H2,13,15,19)/t9-/m0/s1. The molecule has 7 heteroatoms. The molecule has 1 rings (SSSR count). The lowest BCUT2D eigenvalue weighted by Crippen LogP contribution is -2.52. The summed E-state index contributed by atoms with van der Waals surface area (Å²) < 4.78 is 1.68. The molecule has 7 nitrogen and oxygen atoms in total. The third-order valence-corrected chi connectivity index (χ3v) is 2.57. The van der Waals surface area contributed by atoms with Crippen molar-refractivity contribution in [3.05, 3.63) is 18.5 Å². The van der Waals surface area contributed by atoms with Gasteiger partial charge in [-0.1, -0.05) is 20.8 Å². The summed E-state index contributed by atoms with van der Waals surface area (Å²) in [5.74, 6) is -1.05. The molecule has 1 aromatic rings.